The minimum Gasteiger partial charge on any atom is -0.350 e. The van der Waals surface area contributed by atoms with Gasteiger partial charge in [-0.25, -0.2) is 0 Å². The number of H-pyrrole nitrogens is 1. The van der Waals surface area contributed by atoms with Crippen molar-refractivity contribution in [3.05, 3.63) is 65.4 Å². The Morgan fingerprint density at radius 2 is 1.96 bits per heavy atom. The molecule has 4 nitrogen and oxygen atoms in total. The third-order valence-electron chi connectivity index (χ3n) is 4.37. The largest absolute Gasteiger partial charge is 0.350 e. The number of rotatable bonds is 8. The van der Waals surface area contributed by atoms with Gasteiger partial charge in [-0.15, -0.1) is 0 Å². The van der Waals surface area contributed by atoms with Crippen molar-refractivity contribution in [2.24, 2.45) is 0 Å². The molecule has 0 fully saturated rings. The zero-order valence-corrected chi connectivity index (χ0v) is 16.1. The van der Waals surface area contributed by atoms with E-state index in [4.69, 9.17) is 0 Å². The maximum absolute atomic E-state index is 12.6. The fraction of sp³-hybridized carbons (Fsp3) is 0.286. The van der Waals surface area contributed by atoms with Crippen LogP contribution in [0.25, 0.3) is 10.9 Å². The third-order valence-corrected chi connectivity index (χ3v) is 5.24. The highest BCUT2D eigenvalue weighted by Gasteiger charge is 2.15. The van der Waals surface area contributed by atoms with Crippen molar-refractivity contribution in [2.75, 3.05) is 10.5 Å². The second kappa shape index (κ2) is 8.81. The Hall–Kier alpha value is -2.40. The van der Waals surface area contributed by atoms with E-state index in [9.17, 15) is 4.79 Å². The van der Waals surface area contributed by atoms with Gasteiger partial charge >= 0.3 is 0 Å². The molecular weight excluding hydrogens is 342 g/mol. The molecule has 0 aliphatic heterocycles. The minimum atomic E-state index is -0.0746. The number of nitrogens with one attached hydrogen (secondary N) is 3. The molecule has 0 spiro atoms. The lowest BCUT2D eigenvalue weighted by Gasteiger charge is -2.05. The highest BCUT2D eigenvalue weighted by molar-refractivity contribution is 8.00. The van der Waals surface area contributed by atoms with Crippen LogP contribution in [0.1, 0.15) is 41.4 Å². The molecule has 0 saturated heterocycles. The van der Waals surface area contributed by atoms with Gasteiger partial charge in [0.2, 0.25) is 0 Å². The normalized spacial score (nSPS) is 10.8. The van der Waals surface area contributed by atoms with E-state index in [1.54, 1.807) is 11.9 Å². The van der Waals surface area contributed by atoms with Crippen LogP contribution in [0, 0.1) is 6.92 Å². The number of aromatic nitrogens is 1. The van der Waals surface area contributed by atoms with Crippen LogP contribution in [0.4, 0.5) is 5.69 Å². The van der Waals surface area contributed by atoms with E-state index in [-0.39, 0.29) is 5.91 Å². The number of hydrogen-bond acceptors (Lipinski definition) is 3. The monoisotopic (exact) mass is 367 g/mol. The highest BCUT2D eigenvalue weighted by Crippen LogP contribution is 2.26. The van der Waals surface area contributed by atoms with Gasteiger partial charge < -0.3 is 15.0 Å². The first-order valence-corrected chi connectivity index (χ1v) is 10.00. The van der Waals surface area contributed by atoms with Crippen LogP contribution in [0.2, 0.25) is 0 Å². The number of aromatic amines is 1. The van der Waals surface area contributed by atoms with E-state index in [0.717, 1.165) is 33.5 Å². The highest BCUT2D eigenvalue weighted by atomic mass is 32.2. The van der Waals surface area contributed by atoms with Crippen LogP contribution in [0.15, 0.2) is 48.5 Å². The fourth-order valence-electron chi connectivity index (χ4n) is 2.83. The zero-order chi connectivity index (χ0) is 18.4. The van der Waals surface area contributed by atoms with Crippen LogP contribution in [0.5, 0.6) is 0 Å². The molecule has 0 bridgehead atoms. The summed E-state index contributed by atoms with van der Waals surface area (Å²) in [7, 11) is 0. The number of carbonyl (C=O) groups excluding carboxylic acids is 1. The van der Waals surface area contributed by atoms with Gasteiger partial charge in [-0.1, -0.05) is 55.6 Å². The Labute approximate surface area is 158 Å². The predicted molar refractivity (Wildman–Crippen MR) is 112 cm³/mol. The molecule has 1 amide bonds. The summed E-state index contributed by atoms with van der Waals surface area (Å²) in [6.07, 6.45) is 2.40. The number of hydrogen-bond donors (Lipinski definition) is 3. The first kappa shape index (κ1) is 18.4. The third kappa shape index (κ3) is 4.41. The summed E-state index contributed by atoms with van der Waals surface area (Å²) in [5.74, 6) is 1.02. The Kier molecular flexibility index (Phi) is 6.23. The predicted octanol–water partition coefficient (Wildman–Crippen LogP) is 5.27. The first-order valence-electron chi connectivity index (χ1n) is 9.01. The lowest BCUT2D eigenvalue weighted by Crippen LogP contribution is -2.23. The molecule has 5 heteroatoms. The summed E-state index contributed by atoms with van der Waals surface area (Å²) in [4.78, 5) is 15.8. The number of benzene rings is 2. The van der Waals surface area contributed by atoms with E-state index in [1.807, 2.05) is 49.4 Å². The number of aryl methyl sites for hydroxylation is 1. The lowest BCUT2D eigenvalue weighted by atomic mass is 10.1. The van der Waals surface area contributed by atoms with Crippen molar-refractivity contribution in [3.8, 4) is 0 Å². The zero-order valence-electron chi connectivity index (χ0n) is 15.3. The molecule has 3 aromatic rings. The molecule has 0 unspecified atom stereocenters. The number of unbranched alkanes of at least 4 members (excludes halogenated alkanes) is 1. The molecule has 2 aromatic carbocycles. The quantitative estimate of drug-likeness (QED) is 0.376. The molecule has 3 rings (SSSR count). The van der Waals surface area contributed by atoms with E-state index >= 15 is 0 Å². The standard InChI is InChI=1S/C21H25N3OS/c1-3-4-12-26-24-17-10-11-19-18(13-17)15(2)20(23-19)21(25)22-14-16-8-6-5-7-9-16/h5-11,13,23-24H,3-4,12,14H2,1-2H3,(H,22,25). The molecule has 0 radical (unpaired) electrons. The summed E-state index contributed by atoms with van der Waals surface area (Å²) >= 11 is 1.72. The van der Waals surface area contributed by atoms with Gasteiger partial charge in [-0.2, -0.15) is 0 Å². The maximum Gasteiger partial charge on any atom is 0.268 e. The molecule has 0 saturated carbocycles. The second-order valence-corrected chi connectivity index (χ2v) is 7.26. The van der Waals surface area contributed by atoms with Crippen LogP contribution in [-0.4, -0.2) is 16.6 Å². The molecule has 136 valence electrons. The van der Waals surface area contributed by atoms with Gasteiger partial charge in [0.05, 0.1) is 0 Å². The molecule has 26 heavy (non-hydrogen) atoms. The van der Waals surface area contributed by atoms with Crippen LogP contribution in [0.3, 0.4) is 0 Å². The van der Waals surface area contributed by atoms with Crippen LogP contribution < -0.4 is 10.0 Å². The average Bonchev–Trinajstić information content (AvgIpc) is 3.00. The second-order valence-electron chi connectivity index (χ2n) is 6.36. The maximum atomic E-state index is 12.6. The van der Waals surface area contributed by atoms with Gasteiger partial charge in [0.1, 0.15) is 5.69 Å². The van der Waals surface area contributed by atoms with E-state index < -0.39 is 0 Å². The number of amides is 1. The first-order chi connectivity index (χ1) is 12.7. The van der Waals surface area contributed by atoms with Gasteiger partial charge in [0.15, 0.2) is 0 Å². The van der Waals surface area contributed by atoms with Gasteiger partial charge in [0.25, 0.3) is 5.91 Å². The number of anilines is 1. The van der Waals surface area contributed by atoms with Gasteiger partial charge in [-0.05, 0) is 42.7 Å². The van der Waals surface area contributed by atoms with Crippen LogP contribution in [-0.2, 0) is 6.54 Å². The Balaban J connectivity index is 1.70. The van der Waals surface area contributed by atoms with E-state index in [1.165, 1.54) is 12.8 Å². The molecule has 0 aliphatic rings. The molecule has 1 aromatic heterocycles. The Morgan fingerprint density at radius 1 is 1.15 bits per heavy atom. The minimum absolute atomic E-state index is 0.0746. The molecule has 0 aliphatic carbocycles. The summed E-state index contributed by atoms with van der Waals surface area (Å²) in [5.41, 5.74) is 4.75. The SMILES string of the molecule is CCCCSNc1ccc2[nH]c(C(=O)NCc3ccccc3)c(C)c2c1. The Bertz CT molecular complexity index is 874. The van der Waals surface area contributed by atoms with Crippen molar-refractivity contribution in [1.29, 1.82) is 0 Å². The molecule has 1 heterocycles. The lowest BCUT2D eigenvalue weighted by molar-refractivity contribution is 0.0946. The molecule has 3 N–H and O–H groups in total. The fourth-order valence-corrected chi connectivity index (χ4v) is 3.66. The van der Waals surface area contributed by atoms with Crippen molar-refractivity contribution in [2.45, 2.75) is 33.2 Å². The summed E-state index contributed by atoms with van der Waals surface area (Å²) in [6.45, 7) is 4.71. The topological polar surface area (TPSA) is 56.9 Å². The van der Waals surface area contributed by atoms with Gasteiger partial charge in [0, 0.05) is 28.9 Å². The summed E-state index contributed by atoms with van der Waals surface area (Å²) < 4.78 is 3.39. The summed E-state index contributed by atoms with van der Waals surface area (Å²) in [6, 6.07) is 16.1. The van der Waals surface area contributed by atoms with E-state index in [0.29, 0.717) is 12.2 Å². The van der Waals surface area contributed by atoms with Crippen LogP contribution >= 0.6 is 11.9 Å². The Morgan fingerprint density at radius 3 is 2.73 bits per heavy atom. The number of carbonyl (C=O) groups is 1. The van der Waals surface area contributed by atoms with Crippen molar-refractivity contribution >= 4 is 34.4 Å². The smallest absolute Gasteiger partial charge is 0.268 e. The molecular formula is C21H25N3OS. The average molecular weight is 368 g/mol. The van der Waals surface area contributed by atoms with Crippen molar-refractivity contribution in [1.82, 2.24) is 10.3 Å². The van der Waals surface area contributed by atoms with E-state index in [2.05, 4.69) is 28.0 Å². The summed E-state index contributed by atoms with van der Waals surface area (Å²) in [5, 5.41) is 4.07. The van der Waals surface area contributed by atoms with Crippen molar-refractivity contribution in [3.63, 3.8) is 0 Å². The molecule has 0 atom stereocenters. The number of fused-ring (bicyclic) bond motifs is 1. The van der Waals surface area contributed by atoms with Gasteiger partial charge in [-0.3, -0.25) is 4.79 Å². The van der Waals surface area contributed by atoms with Crippen molar-refractivity contribution < 1.29 is 4.79 Å².